The third-order valence-corrected chi connectivity index (χ3v) is 13.6. The van der Waals surface area contributed by atoms with Crippen molar-refractivity contribution in [3.05, 3.63) is 71.4 Å². The van der Waals surface area contributed by atoms with Crippen molar-refractivity contribution in [2.75, 3.05) is 6.54 Å². The molecule has 6 aliphatic rings. The molecule has 0 saturated heterocycles. The minimum absolute atomic E-state index is 0.542. The van der Waals surface area contributed by atoms with Gasteiger partial charge in [0.1, 0.15) is 0 Å². The molecule has 6 aliphatic carbocycles. The normalized spacial score (nSPS) is 37.5. The van der Waals surface area contributed by atoms with Gasteiger partial charge in [-0.15, -0.1) is 0 Å². The Bertz CT molecular complexity index is 1100. The average Bonchev–Trinajstić information content (AvgIpc) is 3.10. The van der Waals surface area contributed by atoms with E-state index in [2.05, 4.69) is 80.8 Å². The van der Waals surface area contributed by atoms with Gasteiger partial charge >= 0.3 is 0 Å². The van der Waals surface area contributed by atoms with E-state index < -0.39 is 0 Å². The predicted molar refractivity (Wildman–Crippen MR) is 190 cm³/mol. The molecule has 1 fully saturated rings. The number of hydrogen-bond acceptors (Lipinski definition) is 1. The molecule has 0 spiro atoms. The lowest BCUT2D eigenvalue weighted by molar-refractivity contribution is 0.203. The van der Waals surface area contributed by atoms with Crippen LogP contribution < -0.4 is 5.32 Å². The molecule has 242 valence electrons. The molecule has 0 heterocycles. The van der Waals surface area contributed by atoms with E-state index in [4.69, 9.17) is 0 Å². The molecule has 0 radical (unpaired) electrons. The Labute approximate surface area is 271 Å². The van der Waals surface area contributed by atoms with Gasteiger partial charge in [0.05, 0.1) is 0 Å². The van der Waals surface area contributed by atoms with Gasteiger partial charge in [0.2, 0.25) is 0 Å². The Morgan fingerprint density at radius 1 is 0.773 bits per heavy atom. The highest BCUT2D eigenvalue weighted by Crippen LogP contribution is 2.46. The first-order chi connectivity index (χ1) is 21.6. The van der Waals surface area contributed by atoms with Crippen molar-refractivity contribution < 1.29 is 0 Å². The molecule has 0 aliphatic heterocycles. The summed E-state index contributed by atoms with van der Waals surface area (Å²) in [6.07, 6.45) is 45.9. The summed E-state index contributed by atoms with van der Waals surface area (Å²) >= 11 is 0. The molecular weight excluding hydrogens is 530 g/mol. The molecule has 0 aromatic rings. The van der Waals surface area contributed by atoms with Crippen molar-refractivity contribution in [3.63, 3.8) is 0 Å². The number of nitrogens with one attached hydrogen (secondary N) is 1. The fourth-order valence-corrected chi connectivity index (χ4v) is 10.7. The summed E-state index contributed by atoms with van der Waals surface area (Å²) in [5.41, 5.74) is 5.30. The smallest absolute Gasteiger partial charge is 0.0256 e. The monoisotopic (exact) mass is 596 g/mol. The topological polar surface area (TPSA) is 12.0 Å². The summed E-state index contributed by atoms with van der Waals surface area (Å²) in [5.74, 6) is 7.40. The van der Waals surface area contributed by atoms with Crippen LogP contribution in [-0.2, 0) is 0 Å². The predicted octanol–water partition coefficient (Wildman–Crippen LogP) is 11.7. The van der Waals surface area contributed by atoms with Gasteiger partial charge in [0.15, 0.2) is 0 Å². The van der Waals surface area contributed by atoms with E-state index in [0.717, 1.165) is 47.3 Å². The van der Waals surface area contributed by atoms with Gasteiger partial charge in [0.25, 0.3) is 0 Å². The van der Waals surface area contributed by atoms with Gasteiger partial charge in [-0.1, -0.05) is 92.5 Å². The lowest BCUT2D eigenvalue weighted by Crippen LogP contribution is -2.41. The van der Waals surface area contributed by atoms with Crippen LogP contribution in [0.25, 0.3) is 0 Å². The van der Waals surface area contributed by atoms with Crippen molar-refractivity contribution in [2.24, 2.45) is 53.3 Å². The van der Waals surface area contributed by atoms with E-state index in [0.29, 0.717) is 12.0 Å². The zero-order valence-electron chi connectivity index (χ0n) is 28.7. The Hall–Kier alpha value is -1.60. The lowest BCUT2D eigenvalue weighted by Gasteiger charge is -2.40. The number of allylic oxidation sites excluding steroid dienone is 11. The third kappa shape index (κ3) is 7.67. The van der Waals surface area contributed by atoms with Crippen LogP contribution in [-0.4, -0.2) is 12.6 Å². The van der Waals surface area contributed by atoms with E-state index in [1.165, 1.54) is 116 Å². The highest BCUT2D eigenvalue weighted by molar-refractivity contribution is 5.33. The summed E-state index contributed by atoms with van der Waals surface area (Å²) in [6, 6.07) is 0.542. The van der Waals surface area contributed by atoms with E-state index in [1.54, 1.807) is 11.1 Å². The second-order valence-corrected chi connectivity index (χ2v) is 15.8. The fraction of sp³-hybridized carbons (Fsp3) is 0.721. The third-order valence-electron chi connectivity index (χ3n) is 13.6. The van der Waals surface area contributed by atoms with E-state index in [-0.39, 0.29) is 0 Å². The van der Waals surface area contributed by atoms with Crippen LogP contribution in [0.1, 0.15) is 130 Å². The number of hydrogen-bond donors (Lipinski definition) is 1. The van der Waals surface area contributed by atoms with Crippen molar-refractivity contribution in [1.29, 1.82) is 0 Å². The molecule has 1 heteroatoms. The first-order valence-corrected chi connectivity index (χ1v) is 19.4. The van der Waals surface area contributed by atoms with Gasteiger partial charge in [-0.25, -0.2) is 0 Å². The Morgan fingerprint density at radius 2 is 1.59 bits per heavy atom. The highest BCUT2D eigenvalue weighted by atomic mass is 14.9. The maximum Gasteiger partial charge on any atom is 0.0256 e. The molecule has 1 N–H and O–H groups in total. The minimum atomic E-state index is 0.542. The van der Waals surface area contributed by atoms with Crippen molar-refractivity contribution in [1.82, 2.24) is 5.32 Å². The molecule has 6 rings (SSSR count). The Kier molecular flexibility index (Phi) is 11.6. The molecule has 0 aromatic heterocycles. The first kappa shape index (κ1) is 32.3. The van der Waals surface area contributed by atoms with Gasteiger partial charge < -0.3 is 5.32 Å². The molecule has 6 unspecified atom stereocenters. The van der Waals surface area contributed by atoms with E-state index >= 15 is 0 Å². The Morgan fingerprint density at radius 3 is 2.34 bits per heavy atom. The van der Waals surface area contributed by atoms with E-state index in [9.17, 15) is 0 Å². The second kappa shape index (κ2) is 15.8. The summed E-state index contributed by atoms with van der Waals surface area (Å²) in [4.78, 5) is 0. The van der Waals surface area contributed by atoms with Crippen molar-refractivity contribution >= 4 is 0 Å². The molecule has 0 aromatic carbocycles. The Balaban J connectivity index is 1.09. The van der Waals surface area contributed by atoms with Crippen LogP contribution in [0.15, 0.2) is 71.4 Å². The van der Waals surface area contributed by atoms with Gasteiger partial charge in [-0.05, 0) is 169 Å². The fourth-order valence-electron chi connectivity index (χ4n) is 10.7. The summed E-state index contributed by atoms with van der Waals surface area (Å²) in [5, 5.41) is 4.13. The van der Waals surface area contributed by atoms with Crippen molar-refractivity contribution in [2.45, 2.75) is 136 Å². The summed E-state index contributed by atoms with van der Waals surface area (Å²) < 4.78 is 0. The molecular formula is C43H65N. The van der Waals surface area contributed by atoms with Crippen LogP contribution in [0.4, 0.5) is 0 Å². The van der Waals surface area contributed by atoms with Gasteiger partial charge in [0, 0.05) is 6.04 Å². The molecule has 1 saturated carbocycles. The molecule has 0 bridgehead atoms. The maximum atomic E-state index is 4.13. The molecule has 7 atom stereocenters. The largest absolute Gasteiger partial charge is 0.310 e. The first-order valence-electron chi connectivity index (χ1n) is 19.4. The number of rotatable bonds is 10. The summed E-state index contributed by atoms with van der Waals surface area (Å²) in [6.45, 7) is 8.59. The standard InChI is InChI=1S/C43H65N/c1-4-32(5-2)43(30-44-40-28-27-35-15-9-10-16-39(35)29-40)42-18-12-11-17-41(42)31(3)33-19-21-37(22-20-33)38-25-23-36(24-26-38)34-13-7-6-8-14-34/h6-7,10-11,16-17,21,27-28,32-36,38-40,42-44H,4-5,8-9,12-15,18-20,22-26,29-30H2,1-3H3/b41-31+/t33?,34-,35?,36?,38?,39?,40?,42?,43?/m1/s1. The highest BCUT2D eigenvalue weighted by Gasteiger charge is 2.35. The summed E-state index contributed by atoms with van der Waals surface area (Å²) in [7, 11) is 0. The van der Waals surface area contributed by atoms with Crippen LogP contribution in [0.3, 0.4) is 0 Å². The zero-order valence-corrected chi connectivity index (χ0v) is 28.7. The van der Waals surface area contributed by atoms with Crippen LogP contribution >= 0.6 is 0 Å². The maximum absolute atomic E-state index is 4.13. The quantitative estimate of drug-likeness (QED) is 0.248. The zero-order chi connectivity index (χ0) is 30.3. The van der Waals surface area contributed by atoms with Crippen LogP contribution in [0, 0.1) is 53.3 Å². The van der Waals surface area contributed by atoms with Crippen molar-refractivity contribution in [3.8, 4) is 0 Å². The van der Waals surface area contributed by atoms with E-state index in [1.807, 2.05) is 5.57 Å². The molecule has 44 heavy (non-hydrogen) atoms. The average molecular weight is 596 g/mol. The number of fused-ring (bicyclic) bond motifs is 1. The second-order valence-electron chi connectivity index (χ2n) is 15.8. The van der Waals surface area contributed by atoms with Crippen LogP contribution in [0.5, 0.6) is 0 Å². The molecule has 1 nitrogen and oxygen atoms in total. The molecule has 0 amide bonds. The SMILES string of the molecule is CCC(CC)C(CNC1C=CC2CCC=CC2C1)C1CCC=C/C1=C(/C)C1CC=C(C2CCC([C@@H]3CC=CCC3)CC2)CC1. The lowest BCUT2D eigenvalue weighted by atomic mass is 9.67. The van der Waals surface area contributed by atoms with Gasteiger partial charge in [-0.3, -0.25) is 0 Å². The van der Waals surface area contributed by atoms with Gasteiger partial charge in [-0.2, -0.15) is 0 Å². The van der Waals surface area contributed by atoms with Crippen LogP contribution in [0.2, 0.25) is 0 Å². The minimum Gasteiger partial charge on any atom is -0.310 e.